The number of aromatic nitrogens is 4. The molecule has 0 bridgehead atoms. The van der Waals surface area contributed by atoms with Crippen molar-refractivity contribution in [2.24, 2.45) is 0 Å². The van der Waals surface area contributed by atoms with Gasteiger partial charge in [-0.15, -0.1) is 43.1 Å². The third kappa shape index (κ3) is 3.29. The quantitative estimate of drug-likeness (QED) is 0.834. The normalized spacial score (nSPS) is 14.8. The molecule has 17 heavy (non-hydrogen) atoms. The van der Waals surface area contributed by atoms with Gasteiger partial charge in [0.2, 0.25) is 0 Å². The van der Waals surface area contributed by atoms with Crippen LogP contribution in [0, 0.1) is 6.92 Å². The van der Waals surface area contributed by atoms with Crippen LogP contribution in [0.25, 0.3) is 0 Å². The molecule has 2 rings (SSSR count). The highest BCUT2D eigenvalue weighted by atomic mass is 32.1. The average Bonchev–Trinajstić information content (AvgIpc) is 2.95. The Bertz CT molecular complexity index is 452. The molecule has 0 saturated heterocycles. The van der Waals surface area contributed by atoms with E-state index in [0.717, 1.165) is 27.9 Å². The van der Waals surface area contributed by atoms with Crippen LogP contribution in [-0.2, 0) is 0 Å². The molecule has 0 fully saturated rings. The molecule has 0 saturated carbocycles. The molecule has 2 aromatic heterocycles. The molecule has 92 valence electrons. The number of hydrogen-bond donors (Lipinski definition) is 0. The van der Waals surface area contributed by atoms with Gasteiger partial charge in [-0.3, -0.25) is 0 Å². The minimum Gasteiger partial charge on any atom is -0.147 e. The maximum Gasteiger partial charge on any atom is 0.120 e. The van der Waals surface area contributed by atoms with E-state index < -0.39 is 0 Å². The van der Waals surface area contributed by atoms with E-state index in [1.807, 2.05) is 6.92 Å². The molecule has 2 heterocycles. The van der Waals surface area contributed by atoms with Gasteiger partial charge in [0.1, 0.15) is 20.5 Å². The van der Waals surface area contributed by atoms with Crippen molar-refractivity contribution in [2.45, 2.75) is 45.4 Å². The third-order valence-corrected chi connectivity index (χ3v) is 4.79. The van der Waals surface area contributed by atoms with Crippen molar-refractivity contribution in [3.63, 3.8) is 0 Å². The first-order chi connectivity index (χ1) is 8.16. The third-order valence-electron chi connectivity index (χ3n) is 2.79. The summed E-state index contributed by atoms with van der Waals surface area (Å²) in [6, 6.07) is 0. The second kappa shape index (κ2) is 5.64. The lowest BCUT2D eigenvalue weighted by atomic mass is 9.99. The van der Waals surface area contributed by atoms with E-state index >= 15 is 0 Å². The summed E-state index contributed by atoms with van der Waals surface area (Å²) in [5.74, 6) is 0.968. The number of aryl methyl sites for hydroxylation is 1. The van der Waals surface area contributed by atoms with Gasteiger partial charge in [-0.25, -0.2) is 0 Å². The Labute approximate surface area is 109 Å². The largest absolute Gasteiger partial charge is 0.147 e. The fraction of sp³-hybridized carbons (Fsp3) is 0.636. The summed E-state index contributed by atoms with van der Waals surface area (Å²) in [5, 5.41) is 19.6. The molecule has 0 amide bonds. The highest BCUT2D eigenvalue weighted by molar-refractivity contribution is 7.11. The number of hydrogen-bond acceptors (Lipinski definition) is 6. The second-order valence-corrected chi connectivity index (χ2v) is 6.39. The molecule has 0 aliphatic carbocycles. The van der Waals surface area contributed by atoms with E-state index in [1.165, 1.54) is 0 Å². The van der Waals surface area contributed by atoms with Gasteiger partial charge in [0.05, 0.1) is 0 Å². The van der Waals surface area contributed by atoms with Crippen LogP contribution in [0.3, 0.4) is 0 Å². The lowest BCUT2D eigenvalue weighted by molar-refractivity contribution is 0.565. The van der Waals surface area contributed by atoms with Crippen molar-refractivity contribution in [3.8, 4) is 0 Å². The van der Waals surface area contributed by atoms with Crippen molar-refractivity contribution in [3.05, 3.63) is 20.5 Å². The van der Waals surface area contributed by atoms with Gasteiger partial charge in [-0.1, -0.05) is 13.8 Å². The molecular weight excluding hydrogens is 252 g/mol. The average molecular weight is 268 g/mol. The molecule has 6 heteroatoms. The van der Waals surface area contributed by atoms with E-state index in [2.05, 4.69) is 34.2 Å². The summed E-state index contributed by atoms with van der Waals surface area (Å²) in [7, 11) is 0. The Hall–Kier alpha value is -0.880. The highest BCUT2D eigenvalue weighted by Gasteiger charge is 2.14. The molecule has 4 nitrogen and oxygen atoms in total. The molecule has 0 aromatic carbocycles. The molecule has 0 spiro atoms. The lowest BCUT2D eigenvalue weighted by Gasteiger charge is -2.10. The second-order valence-electron chi connectivity index (χ2n) is 4.32. The molecule has 0 aliphatic rings. The van der Waals surface area contributed by atoms with E-state index in [9.17, 15) is 0 Å². The van der Waals surface area contributed by atoms with Crippen LogP contribution in [0.5, 0.6) is 0 Å². The minimum absolute atomic E-state index is 0.483. The van der Waals surface area contributed by atoms with Gasteiger partial charge >= 0.3 is 0 Å². The monoisotopic (exact) mass is 268 g/mol. The number of nitrogens with zero attached hydrogens (tertiary/aromatic N) is 4. The zero-order chi connectivity index (χ0) is 12.3. The highest BCUT2D eigenvalue weighted by Crippen LogP contribution is 2.29. The van der Waals surface area contributed by atoms with Crippen LogP contribution in [-0.4, -0.2) is 20.4 Å². The maximum absolute atomic E-state index is 4.20. The van der Waals surface area contributed by atoms with Crippen LogP contribution in [0.4, 0.5) is 0 Å². The Kier molecular flexibility index (Phi) is 4.17. The Morgan fingerprint density at radius 1 is 1.06 bits per heavy atom. The van der Waals surface area contributed by atoms with Crippen molar-refractivity contribution in [1.82, 2.24) is 20.4 Å². The van der Waals surface area contributed by atoms with E-state index in [1.54, 1.807) is 28.2 Å². The number of rotatable bonds is 5. The van der Waals surface area contributed by atoms with Gasteiger partial charge in [0.15, 0.2) is 0 Å². The molecule has 0 aliphatic heterocycles. The minimum atomic E-state index is 0.483. The molecular formula is C11H16N4S2. The van der Waals surface area contributed by atoms with Crippen LogP contribution in [0.1, 0.15) is 53.5 Å². The first kappa shape index (κ1) is 12.6. The van der Waals surface area contributed by atoms with Crippen molar-refractivity contribution in [1.29, 1.82) is 0 Å². The SMILES string of the molecule is Cc1nnc(C(C)CCC(C)c2nncs2)s1. The summed E-state index contributed by atoms with van der Waals surface area (Å²) >= 11 is 3.33. The topological polar surface area (TPSA) is 51.6 Å². The van der Waals surface area contributed by atoms with Crippen LogP contribution in [0.2, 0.25) is 0 Å². The zero-order valence-corrected chi connectivity index (χ0v) is 11.9. The molecule has 2 aromatic rings. The lowest BCUT2D eigenvalue weighted by Crippen LogP contribution is -1.98. The van der Waals surface area contributed by atoms with Gasteiger partial charge in [0, 0.05) is 11.8 Å². The van der Waals surface area contributed by atoms with Gasteiger partial charge < -0.3 is 0 Å². The van der Waals surface area contributed by atoms with Crippen molar-refractivity contribution < 1.29 is 0 Å². The predicted molar refractivity (Wildman–Crippen MR) is 70.6 cm³/mol. The summed E-state index contributed by atoms with van der Waals surface area (Å²) in [4.78, 5) is 0. The molecule has 2 unspecified atom stereocenters. The van der Waals surface area contributed by atoms with E-state index in [4.69, 9.17) is 0 Å². The smallest absolute Gasteiger partial charge is 0.120 e. The predicted octanol–water partition coefficient (Wildman–Crippen LogP) is 3.39. The van der Waals surface area contributed by atoms with Crippen molar-refractivity contribution in [2.75, 3.05) is 0 Å². The molecule has 2 atom stereocenters. The van der Waals surface area contributed by atoms with Gasteiger partial charge in [-0.05, 0) is 19.8 Å². The zero-order valence-electron chi connectivity index (χ0n) is 10.3. The Balaban J connectivity index is 1.86. The Morgan fingerprint density at radius 3 is 2.29 bits per heavy atom. The fourth-order valence-electron chi connectivity index (χ4n) is 1.65. The fourth-order valence-corrected chi connectivity index (χ4v) is 3.09. The van der Waals surface area contributed by atoms with Crippen molar-refractivity contribution >= 4 is 22.7 Å². The first-order valence-corrected chi connectivity index (χ1v) is 7.42. The van der Waals surface area contributed by atoms with Gasteiger partial charge in [0.25, 0.3) is 0 Å². The Morgan fingerprint density at radius 2 is 1.76 bits per heavy atom. The summed E-state index contributed by atoms with van der Waals surface area (Å²) in [6.45, 7) is 6.42. The van der Waals surface area contributed by atoms with Gasteiger partial charge in [-0.2, -0.15) is 0 Å². The molecule has 0 radical (unpaired) electrons. The van der Waals surface area contributed by atoms with Crippen LogP contribution in [0.15, 0.2) is 5.51 Å². The first-order valence-electron chi connectivity index (χ1n) is 5.73. The maximum atomic E-state index is 4.20. The van der Waals surface area contributed by atoms with E-state index in [-0.39, 0.29) is 0 Å². The standard InChI is InChI=1S/C11H16N4S2/c1-7(10-14-12-6-16-10)4-5-8(2)11-15-13-9(3)17-11/h6-8H,4-5H2,1-3H3. The summed E-state index contributed by atoms with van der Waals surface area (Å²) in [5.41, 5.74) is 1.80. The molecule has 0 N–H and O–H groups in total. The van der Waals surface area contributed by atoms with Crippen LogP contribution < -0.4 is 0 Å². The summed E-state index contributed by atoms with van der Waals surface area (Å²) < 4.78 is 0. The van der Waals surface area contributed by atoms with E-state index in [0.29, 0.717) is 11.8 Å². The van der Waals surface area contributed by atoms with Crippen LogP contribution >= 0.6 is 22.7 Å². The summed E-state index contributed by atoms with van der Waals surface area (Å²) in [6.07, 6.45) is 2.24.